The molecule has 0 bridgehead atoms. The second-order valence-electron chi connectivity index (χ2n) is 7.17. The first-order valence-electron chi connectivity index (χ1n) is 9.34. The van der Waals surface area contributed by atoms with Crippen molar-refractivity contribution in [2.24, 2.45) is 5.92 Å². The number of nitrogens with zero attached hydrogens (tertiary/aromatic N) is 1. The lowest BCUT2D eigenvalue weighted by molar-refractivity contribution is -0.121. The van der Waals surface area contributed by atoms with Crippen molar-refractivity contribution in [2.45, 2.75) is 58.0 Å². The Morgan fingerprint density at radius 3 is 2.92 bits per heavy atom. The molecule has 134 valence electrons. The summed E-state index contributed by atoms with van der Waals surface area (Å²) in [6, 6.07) is 4.66. The zero-order valence-electron chi connectivity index (χ0n) is 14.8. The van der Waals surface area contributed by atoms with Gasteiger partial charge in [0.2, 0.25) is 5.91 Å². The summed E-state index contributed by atoms with van der Waals surface area (Å²) in [5, 5.41) is 2.98. The molecule has 2 fully saturated rings. The fraction of sp³-hybridized carbons (Fsp3) is 0.737. The first-order valence-corrected chi connectivity index (χ1v) is 10.5. The summed E-state index contributed by atoms with van der Waals surface area (Å²) < 4.78 is 5.49. The van der Waals surface area contributed by atoms with E-state index in [0.717, 1.165) is 24.0 Å². The average Bonchev–Trinajstić information content (AvgIpc) is 3.04. The lowest BCUT2D eigenvalue weighted by Gasteiger charge is -2.40. The van der Waals surface area contributed by atoms with E-state index in [1.807, 2.05) is 19.1 Å². The van der Waals surface area contributed by atoms with Gasteiger partial charge in [0.1, 0.15) is 11.5 Å². The van der Waals surface area contributed by atoms with E-state index < -0.39 is 0 Å². The molecule has 0 radical (unpaired) electrons. The van der Waals surface area contributed by atoms with Crippen LogP contribution < -0.4 is 5.32 Å². The number of thioether (sulfide) groups is 1. The van der Waals surface area contributed by atoms with Gasteiger partial charge in [-0.15, -0.1) is 0 Å². The molecule has 24 heavy (non-hydrogen) atoms. The highest BCUT2D eigenvalue weighted by Gasteiger charge is 2.27. The third kappa shape index (κ3) is 5.28. The predicted octanol–water partition coefficient (Wildman–Crippen LogP) is 3.59. The van der Waals surface area contributed by atoms with Crippen LogP contribution in [0.15, 0.2) is 16.5 Å². The third-order valence-electron chi connectivity index (χ3n) is 5.29. The maximum Gasteiger partial charge on any atom is 0.220 e. The summed E-state index contributed by atoms with van der Waals surface area (Å²) in [5.41, 5.74) is 0. The number of furan rings is 1. The molecule has 2 aliphatic rings. The van der Waals surface area contributed by atoms with Crippen LogP contribution in [0.2, 0.25) is 0 Å². The van der Waals surface area contributed by atoms with Crippen LogP contribution in [0.5, 0.6) is 0 Å². The minimum absolute atomic E-state index is 0.148. The molecular formula is C19H30N2O2S. The van der Waals surface area contributed by atoms with Crippen LogP contribution in [0.1, 0.15) is 50.0 Å². The highest BCUT2D eigenvalue weighted by atomic mass is 32.2. The SMILES string of the molecule is Cc1ccc(CNC(=O)CCC2CCCN(C3CCSCC3)C2)o1. The van der Waals surface area contributed by atoms with E-state index in [4.69, 9.17) is 4.42 Å². The maximum absolute atomic E-state index is 12.1. The Morgan fingerprint density at radius 2 is 2.17 bits per heavy atom. The van der Waals surface area contributed by atoms with E-state index in [1.54, 1.807) is 0 Å². The van der Waals surface area contributed by atoms with Crippen LogP contribution in [-0.4, -0.2) is 41.4 Å². The van der Waals surface area contributed by atoms with Gasteiger partial charge in [-0.05, 0) is 75.1 Å². The Kier molecular flexibility index (Phi) is 6.67. The number of piperidine rings is 1. The number of hydrogen-bond donors (Lipinski definition) is 1. The molecule has 3 heterocycles. The standard InChI is InChI=1S/C19H30N2O2S/c1-15-4-6-18(23-15)13-20-19(22)7-5-16-3-2-10-21(14-16)17-8-11-24-12-9-17/h4,6,16-17H,2-3,5,7-14H2,1H3,(H,20,22). The van der Waals surface area contributed by atoms with Gasteiger partial charge >= 0.3 is 0 Å². The van der Waals surface area contributed by atoms with Crippen LogP contribution in [-0.2, 0) is 11.3 Å². The number of aryl methyl sites for hydroxylation is 1. The summed E-state index contributed by atoms with van der Waals surface area (Å²) in [6.07, 6.45) is 6.92. The Bertz CT molecular complexity index is 525. The highest BCUT2D eigenvalue weighted by Crippen LogP contribution is 2.28. The van der Waals surface area contributed by atoms with E-state index >= 15 is 0 Å². The molecule has 5 heteroatoms. The van der Waals surface area contributed by atoms with Crippen LogP contribution in [0, 0.1) is 12.8 Å². The van der Waals surface area contributed by atoms with Gasteiger partial charge in [-0.3, -0.25) is 4.79 Å². The van der Waals surface area contributed by atoms with Crippen molar-refractivity contribution in [1.29, 1.82) is 0 Å². The lowest BCUT2D eigenvalue weighted by Crippen LogP contribution is -2.44. The first kappa shape index (κ1) is 17.9. The van der Waals surface area contributed by atoms with Crippen molar-refractivity contribution < 1.29 is 9.21 Å². The topological polar surface area (TPSA) is 45.5 Å². The maximum atomic E-state index is 12.1. The van der Waals surface area contributed by atoms with Crippen molar-refractivity contribution in [3.05, 3.63) is 23.7 Å². The van der Waals surface area contributed by atoms with Gasteiger partial charge in [0.25, 0.3) is 0 Å². The number of carbonyl (C=O) groups is 1. The molecule has 1 atom stereocenters. The summed E-state index contributed by atoms with van der Waals surface area (Å²) >= 11 is 2.10. The first-order chi connectivity index (χ1) is 11.7. The van der Waals surface area contributed by atoms with E-state index in [0.29, 0.717) is 18.9 Å². The normalized spacial score (nSPS) is 23.3. The second kappa shape index (κ2) is 8.95. The Hall–Kier alpha value is -0.940. The number of carbonyl (C=O) groups excluding carboxylic acids is 1. The average molecular weight is 351 g/mol. The zero-order chi connectivity index (χ0) is 16.8. The van der Waals surface area contributed by atoms with E-state index in [9.17, 15) is 4.79 Å². The minimum Gasteiger partial charge on any atom is -0.465 e. The van der Waals surface area contributed by atoms with Crippen molar-refractivity contribution in [3.8, 4) is 0 Å². The van der Waals surface area contributed by atoms with Gasteiger partial charge in [-0.25, -0.2) is 0 Å². The molecule has 3 rings (SSSR count). The number of rotatable bonds is 6. The fourth-order valence-corrected chi connectivity index (χ4v) is 4.99. The molecule has 0 saturated carbocycles. The van der Waals surface area contributed by atoms with Crippen molar-refractivity contribution in [2.75, 3.05) is 24.6 Å². The quantitative estimate of drug-likeness (QED) is 0.851. The van der Waals surface area contributed by atoms with Gasteiger partial charge in [0.15, 0.2) is 0 Å². The number of hydrogen-bond acceptors (Lipinski definition) is 4. The van der Waals surface area contributed by atoms with Gasteiger partial charge in [-0.1, -0.05) is 0 Å². The molecule has 0 aliphatic carbocycles. The Morgan fingerprint density at radius 1 is 1.33 bits per heavy atom. The molecule has 1 N–H and O–H groups in total. The van der Waals surface area contributed by atoms with Gasteiger partial charge in [0, 0.05) is 19.0 Å². The fourth-order valence-electron chi connectivity index (χ4n) is 3.90. The predicted molar refractivity (Wildman–Crippen MR) is 99.2 cm³/mol. The number of amides is 1. The minimum atomic E-state index is 0.148. The molecule has 1 aromatic rings. The molecule has 4 nitrogen and oxygen atoms in total. The van der Waals surface area contributed by atoms with Crippen LogP contribution in [0.3, 0.4) is 0 Å². The monoisotopic (exact) mass is 350 g/mol. The summed E-state index contributed by atoms with van der Waals surface area (Å²) in [7, 11) is 0. The van der Waals surface area contributed by atoms with Crippen LogP contribution in [0.25, 0.3) is 0 Å². The largest absolute Gasteiger partial charge is 0.465 e. The molecule has 1 amide bonds. The molecule has 1 unspecified atom stereocenters. The van der Waals surface area contributed by atoms with E-state index in [2.05, 4.69) is 22.0 Å². The second-order valence-corrected chi connectivity index (χ2v) is 8.40. The lowest BCUT2D eigenvalue weighted by atomic mass is 9.91. The molecule has 1 aromatic heterocycles. The van der Waals surface area contributed by atoms with Crippen molar-refractivity contribution in [1.82, 2.24) is 10.2 Å². The Balaban J connectivity index is 1.36. The van der Waals surface area contributed by atoms with Gasteiger partial charge < -0.3 is 14.6 Å². The van der Waals surface area contributed by atoms with Gasteiger partial charge in [0.05, 0.1) is 6.54 Å². The smallest absolute Gasteiger partial charge is 0.220 e. The van der Waals surface area contributed by atoms with Crippen LogP contribution in [0.4, 0.5) is 0 Å². The number of likely N-dealkylation sites (tertiary alicyclic amines) is 1. The summed E-state index contributed by atoms with van der Waals surface area (Å²) in [4.78, 5) is 14.8. The molecule has 2 aliphatic heterocycles. The number of nitrogens with one attached hydrogen (secondary N) is 1. The van der Waals surface area contributed by atoms with Crippen molar-refractivity contribution in [3.63, 3.8) is 0 Å². The molecule has 0 spiro atoms. The zero-order valence-corrected chi connectivity index (χ0v) is 15.6. The van der Waals surface area contributed by atoms with E-state index in [-0.39, 0.29) is 5.91 Å². The third-order valence-corrected chi connectivity index (χ3v) is 6.34. The molecular weight excluding hydrogens is 320 g/mol. The molecule has 2 saturated heterocycles. The van der Waals surface area contributed by atoms with E-state index in [1.165, 1.54) is 50.3 Å². The summed E-state index contributed by atoms with van der Waals surface area (Å²) in [5.74, 6) is 5.20. The van der Waals surface area contributed by atoms with Crippen molar-refractivity contribution >= 4 is 17.7 Å². The summed E-state index contributed by atoms with van der Waals surface area (Å²) in [6.45, 7) is 4.88. The van der Waals surface area contributed by atoms with Crippen LogP contribution >= 0.6 is 11.8 Å². The van der Waals surface area contributed by atoms with Gasteiger partial charge in [-0.2, -0.15) is 11.8 Å². The highest BCUT2D eigenvalue weighted by molar-refractivity contribution is 7.99. The Labute approximate surface area is 149 Å². The molecule has 0 aromatic carbocycles.